The second-order valence-electron chi connectivity index (χ2n) is 6.29. The third-order valence-corrected chi connectivity index (χ3v) is 5.52. The van der Waals surface area contributed by atoms with E-state index in [9.17, 15) is 4.79 Å². The van der Waals surface area contributed by atoms with Gasteiger partial charge in [-0.3, -0.25) is 9.78 Å². The van der Waals surface area contributed by atoms with Gasteiger partial charge in [-0.1, -0.05) is 41.9 Å². The number of carbonyl (C=O) groups excluding carboxylic acids is 1. The predicted octanol–water partition coefficient (Wildman–Crippen LogP) is 6.53. The van der Waals surface area contributed by atoms with E-state index in [0.717, 1.165) is 26.9 Å². The topological polar surface area (TPSA) is 42.0 Å². The average molecular weight is 405 g/mol. The van der Waals surface area contributed by atoms with Crippen molar-refractivity contribution < 1.29 is 4.79 Å². The summed E-state index contributed by atoms with van der Waals surface area (Å²) in [4.78, 5) is 18.1. The van der Waals surface area contributed by atoms with Gasteiger partial charge >= 0.3 is 0 Å². The molecule has 1 amide bonds. The van der Waals surface area contributed by atoms with Gasteiger partial charge in [0.25, 0.3) is 5.91 Å². The van der Waals surface area contributed by atoms with Gasteiger partial charge in [-0.05, 0) is 59.8 Å². The number of pyridine rings is 1. The molecule has 138 valence electrons. The van der Waals surface area contributed by atoms with Gasteiger partial charge in [0.05, 0.1) is 16.1 Å². The van der Waals surface area contributed by atoms with Crippen molar-refractivity contribution in [1.82, 2.24) is 4.98 Å². The summed E-state index contributed by atoms with van der Waals surface area (Å²) in [5.74, 6) is -0.227. The van der Waals surface area contributed by atoms with E-state index in [1.165, 1.54) is 0 Å². The molecule has 4 rings (SSSR count). The molecule has 5 heteroatoms. The minimum Gasteiger partial charge on any atom is -0.322 e. The summed E-state index contributed by atoms with van der Waals surface area (Å²) in [7, 11) is 0. The number of amides is 1. The van der Waals surface area contributed by atoms with Crippen LogP contribution in [0.15, 0.2) is 83.9 Å². The van der Waals surface area contributed by atoms with Crippen molar-refractivity contribution in [2.24, 2.45) is 0 Å². The Bertz CT molecular complexity index is 1180. The van der Waals surface area contributed by atoms with E-state index in [2.05, 4.69) is 22.4 Å². The van der Waals surface area contributed by atoms with E-state index in [1.54, 1.807) is 30.1 Å². The Balaban J connectivity index is 1.60. The highest BCUT2D eigenvalue weighted by Crippen LogP contribution is 2.27. The van der Waals surface area contributed by atoms with Gasteiger partial charge in [-0.2, -0.15) is 0 Å². The van der Waals surface area contributed by atoms with Crippen molar-refractivity contribution in [3.8, 4) is 11.1 Å². The van der Waals surface area contributed by atoms with Crippen molar-refractivity contribution in [2.45, 2.75) is 4.90 Å². The number of halogens is 1. The van der Waals surface area contributed by atoms with Crippen molar-refractivity contribution in [1.29, 1.82) is 0 Å². The zero-order valence-corrected chi connectivity index (χ0v) is 16.7. The lowest BCUT2D eigenvalue weighted by Crippen LogP contribution is -2.12. The summed E-state index contributed by atoms with van der Waals surface area (Å²) in [5.41, 5.74) is 4.17. The summed E-state index contributed by atoms with van der Waals surface area (Å²) in [6.45, 7) is 0. The van der Waals surface area contributed by atoms with Crippen molar-refractivity contribution in [3.63, 3.8) is 0 Å². The van der Waals surface area contributed by atoms with Gasteiger partial charge in [0.2, 0.25) is 0 Å². The van der Waals surface area contributed by atoms with Crippen molar-refractivity contribution in [3.05, 3.63) is 89.6 Å². The molecule has 3 nitrogen and oxygen atoms in total. The molecule has 0 unspecified atom stereocenters. The first-order valence-electron chi connectivity index (χ1n) is 8.74. The summed E-state index contributed by atoms with van der Waals surface area (Å²) in [6, 6.07) is 23.3. The van der Waals surface area contributed by atoms with Gasteiger partial charge in [0.15, 0.2) is 0 Å². The van der Waals surface area contributed by atoms with Crippen LogP contribution in [0.25, 0.3) is 22.0 Å². The number of nitrogens with zero attached hydrogens (tertiary/aromatic N) is 1. The summed E-state index contributed by atoms with van der Waals surface area (Å²) >= 11 is 7.86. The first-order chi connectivity index (χ1) is 13.6. The number of rotatable bonds is 4. The van der Waals surface area contributed by atoms with Crippen molar-refractivity contribution >= 4 is 45.9 Å². The van der Waals surface area contributed by atoms with Crippen LogP contribution >= 0.6 is 23.4 Å². The lowest BCUT2D eigenvalue weighted by molar-refractivity contribution is 0.102. The van der Waals surface area contributed by atoms with Crippen LogP contribution in [0.3, 0.4) is 0 Å². The molecule has 1 N–H and O–H groups in total. The summed E-state index contributed by atoms with van der Waals surface area (Å²) < 4.78 is 0. The second-order valence-corrected chi connectivity index (χ2v) is 7.58. The standard InChI is InChI=1S/C23H17ClN2OS/c1-28-19-9-10-20(21(24)14-19)23(27)26-18-6-2-4-16(12-18)17-8-7-15-5-3-11-25-22(15)13-17/h2-14H,1H3,(H,26,27). The monoisotopic (exact) mass is 404 g/mol. The van der Waals surface area contributed by atoms with E-state index < -0.39 is 0 Å². The average Bonchev–Trinajstić information content (AvgIpc) is 2.73. The van der Waals surface area contributed by atoms with Crippen LogP contribution in [0.4, 0.5) is 5.69 Å². The van der Waals surface area contributed by atoms with E-state index in [4.69, 9.17) is 11.6 Å². The maximum atomic E-state index is 12.6. The minimum absolute atomic E-state index is 0.227. The molecule has 28 heavy (non-hydrogen) atoms. The fraction of sp³-hybridized carbons (Fsp3) is 0.0435. The molecule has 0 spiro atoms. The molecule has 0 aliphatic rings. The highest BCUT2D eigenvalue weighted by atomic mass is 35.5. The third kappa shape index (κ3) is 3.88. The Morgan fingerprint density at radius 3 is 2.64 bits per heavy atom. The third-order valence-electron chi connectivity index (χ3n) is 4.48. The Morgan fingerprint density at radius 2 is 1.82 bits per heavy atom. The molecular weight excluding hydrogens is 388 g/mol. The molecule has 3 aromatic carbocycles. The molecule has 0 aliphatic carbocycles. The Hall–Kier alpha value is -2.82. The first-order valence-corrected chi connectivity index (χ1v) is 10.3. The molecule has 0 saturated heterocycles. The van der Waals surface area contributed by atoms with Gasteiger partial charge in [-0.15, -0.1) is 11.8 Å². The number of fused-ring (bicyclic) bond motifs is 1. The van der Waals surface area contributed by atoms with Crippen LogP contribution in [-0.4, -0.2) is 17.1 Å². The first kappa shape index (κ1) is 18.5. The number of carbonyl (C=O) groups is 1. The minimum atomic E-state index is -0.227. The fourth-order valence-electron chi connectivity index (χ4n) is 3.03. The highest BCUT2D eigenvalue weighted by Gasteiger charge is 2.12. The molecule has 0 radical (unpaired) electrons. The largest absolute Gasteiger partial charge is 0.322 e. The summed E-state index contributed by atoms with van der Waals surface area (Å²) in [6.07, 6.45) is 3.76. The lowest BCUT2D eigenvalue weighted by atomic mass is 10.0. The van der Waals surface area contributed by atoms with Gasteiger partial charge < -0.3 is 5.32 Å². The van der Waals surface area contributed by atoms with Crippen LogP contribution in [0.1, 0.15) is 10.4 Å². The molecule has 0 bridgehead atoms. The zero-order chi connectivity index (χ0) is 19.5. The maximum Gasteiger partial charge on any atom is 0.257 e. The quantitative estimate of drug-likeness (QED) is 0.393. The highest BCUT2D eigenvalue weighted by molar-refractivity contribution is 7.98. The predicted molar refractivity (Wildman–Crippen MR) is 118 cm³/mol. The van der Waals surface area contributed by atoms with Gasteiger partial charge in [-0.25, -0.2) is 0 Å². The van der Waals surface area contributed by atoms with Gasteiger partial charge in [0, 0.05) is 22.2 Å². The fourth-order valence-corrected chi connectivity index (χ4v) is 3.80. The van der Waals surface area contributed by atoms with E-state index >= 15 is 0 Å². The maximum absolute atomic E-state index is 12.6. The Kier molecular flexibility index (Phi) is 5.33. The van der Waals surface area contributed by atoms with Crippen LogP contribution < -0.4 is 5.32 Å². The summed E-state index contributed by atoms with van der Waals surface area (Å²) in [5, 5.41) is 4.48. The lowest BCUT2D eigenvalue weighted by Gasteiger charge is -2.10. The Morgan fingerprint density at radius 1 is 0.964 bits per heavy atom. The molecule has 4 aromatic rings. The number of nitrogens with one attached hydrogen (secondary N) is 1. The second kappa shape index (κ2) is 8.05. The number of thioether (sulfide) groups is 1. The molecule has 0 fully saturated rings. The SMILES string of the molecule is CSc1ccc(C(=O)Nc2cccc(-c3ccc4cccnc4c3)c2)c(Cl)c1. The van der Waals surface area contributed by atoms with Crippen LogP contribution in [0.5, 0.6) is 0 Å². The van der Waals surface area contributed by atoms with E-state index in [0.29, 0.717) is 16.3 Å². The van der Waals surface area contributed by atoms with Crippen LogP contribution in [0, 0.1) is 0 Å². The number of anilines is 1. The zero-order valence-electron chi connectivity index (χ0n) is 15.1. The van der Waals surface area contributed by atoms with E-state index in [1.807, 2.05) is 54.8 Å². The molecule has 0 saturated carbocycles. The molecule has 1 heterocycles. The number of benzene rings is 3. The number of aromatic nitrogens is 1. The number of hydrogen-bond acceptors (Lipinski definition) is 3. The molecular formula is C23H17ClN2OS. The molecule has 0 atom stereocenters. The van der Waals surface area contributed by atoms with E-state index in [-0.39, 0.29) is 5.91 Å². The Labute approximate surface area is 172 Å². The van der Waals surface area contributed by atoms with Gasteiger partial charge in [0.1, 0.15) is 0 Å². The van der Waals surface area contributed by atoms with Crippen molar-refractivity contribution in [2.75, 3.05) is 11.6 Å². The normalized spacial score (nSPS) is 10.8. The number of hydrogen-bond donors (Lipinski definition) is 1. The molecule has 0 aliphatic heterocycles. The van der Waals surface area contributed by atoms with Crippen LogP contribution in [-0.2, 0) is 0 Å². The smallest absolute Gasteiger partial charge is 0.257 e. The molecule has 1 aromatic heterocycles. The van der Waals surface area contributed by atoms with Crippen LogP contribution in [0.2, 0.25) is 5.02 Å².